The van der Waals surface area contributed by atoms with Gasteiger partial charge in [-0.1, -0.05) is 18.5 Å². The van der Waals surface area contributed by atoms with Gasteiger partial charge in [0.2, 0.25) is 0 Å². The van der Waals surface area contributed by atoms with E-state index in [9.17, 15) is 9.59 Å². The van der Waals surface area contributed by atoms with Crippen molar-refractivity contribution in [3.63, 3.8) is 0 Å². The second-order valence-corrected chi connectivity index (χ2v) is 5.02. The molecule has 0 radical (unpaired) electrons. The average molecular weight is 313 g/mol. The van der Waals surface area contributed by atoms with Crippen molar-refractivity contribution in [2.75, 3.05) is 26.9 Å². The molecule has 1 unspecified atom stereocenters. The van der Waals surface area contributed by atoms with Gasteiger partial charge in [-0.2, -0.15) is 0 Å². The lowest BCUT2D eigenvalue weighted by molar-refractivity contribution is -0.151. The van der Waals surface area contributed by atoms with Crippen molar-refractivity contribution in [1.29, 1.82) is 0 Å². The van der Waals surface area contributed by atoms with Gasteiger partial charge in [0, 0.05) is 17.8 Å². The van der Waals surface area contributed by atoms with Crippen LogP contribution in [0.5, 0.6) is 0 Å². The summed E-state index contributed by atoms with van der Waals surface area (Å²) in [4.78, 5) is 30.0. The highest BCUT2D eigenvalue weighted by Crippen LogP contribution is 2.17. The number of amides is 1. The van der Waals surface area contributed by atoms with E-state index in [1.807, 2.05) is 6.92 Å². The minimum absolute atomic E-state index is 0.137. The molecule has 7 heteroatoms. The molecule has 0 aromatic carbocycles. The first-order chi connectivity index (χ1) is 10.1. The maximum Gasteiger partial charge on any atom is 0.331 e. The highest BCUT2D eigenvalue weighted by atomic mass is 35.5. The monoisotopic (exact) mass is 312 g/mol. The SMILES string of the molecule is CCc1cc(C(=O)N2CCOCC2C(=O)OC)cc(Cl)n1. The van der Waals surface area contributed by atoms with Crippen LogP contribution in [0.4, 0.5) is 0 Å². The molecule has 2 heterocycles. The molecule has 2 rings (SSSR count). The van der Waals surface area contributed by atoms with Crippen LogP contribution in [0.1, 0.15) is 23.0 Å². The summed E-state index contributed by atoms with van der Waals surface area (Å²) in [6, 6.07) is 2.47. The van der Waals surface area contributed by atoms with Crippen LogP contribution in [-0.2, 0) is 20.7 Å². The number of methoxy groups -OCH3 is 1. The third-order valence-corrected chi connectivity index (χ3v) is 3.51. The number of morpholine rings is 1. The van der Waals surface area contributed by atoms with Gasteiger partial charge in [0.25, 0.3) is 5.91 Å². The number of halogens is 1. The van der Waals surface area contributed by atoms with Crippen LogP contribution in [0.25, 0.3) is 0 Å². The molecular formula is C14H17ClN2O4. The zero-order valence-electron chi connectivity index (χ0n) is 12.0. The van der Waals surface area contributed by atoms with Gasteiger partial charge in [-0.25, -0.2) is 9.78 Å². The Morgan fingerprint density at radius 1 is 1.52 bits per heavy atom. The van der Waals surface area contributed by atoms with Crippen molar-refractivity contribution in [3.8, 4) is 0 Å². The van der Waals surface area contributed by atoms with Gasteiger partial charge in [-0.05, 0) is 18.6 Å². The molecule has 1 aromatic heterocycles. The molecule has 0 aliphatic carbocycles. The fourth-order valence-corrected chi connectivity index (χ4v) is 2.43. The average Bonchev–Trinajstić information content (AvgIpc) is 2.52. The van der Waals surface area contributed by atoms with Crippen LogP contribution in [0, 0.1) is 0 Å². The fourth-order valence-electron chi connectivity index (χ4n) is 2.20. The summed E-state index contributed by atoms with van der Waals surface area (Å²) in [6.45, 7) is 2.79. The molecule has 1 aliphatic heterocycles. The minimum atomic E-state index is -0.728. The van der Waals surface area contributed by atoms with E-state index < -0.39 is 12.0 Å². The number of carbonyl (C=O) groups is 2. The predicted molar refractivity (Wildman–Crippen MR) is 76.3 cm³/mol. The Hall–Kier alpha value is -1.66. The lowest BCUT2D eigenvalue weighted by Crippen LogP contribution is -2.53. The van der Waals surface area contributed by atoms with Gasteiger partial charge in [-0.3, -0.25) is 4.79 Å². The molecule has 1 amide bonds. The van der Waals surface area contributed by atoms with E-state index in [0.717, 1.165) is 5.69 Å². The van der Waals surface area contributed by atoms with Gasteiger partial charge in [-0.15, -0.1) is 0 Å². The number of ether oxygens (including phenoxy) is 2. The quantitative estimate of drug-likeness (QED) is 0.622. The summed E-state index contributed by atoms with van der Waals surface area (Å²) in [6.07, 6.45) is 0.671. The van der Waals surface area contributed by atoms with Crippen molar-refractivity contribution < 1.29 is 19.1 Å². The molecule has 0 saturated carbocycles. The number of pyridine rings is 1. The minimum Gasteiger partial charge on any atom is -0.467 e. The summed E-state index contributed by atoms with van der Waals surface area (Å²) in [7, 11) is 1.29. The van der Waals surface area contributed by atoms with E-state index in [1.54, 1.807) is 6.07 Å². The number of carbonyl (C=O) groups excluding carboxylic acids is 2. The summed E-state index contributed by atoms with van der Waals surface area (Å²) in [5.41, 5.74) is 1.15. The van der Waals surface area contributed by atoms with Crippen molar-refractivity contribution in [3.05, 3.63) is 28.5 Å². The van der Waals surface area contributed by atoms with Crippen LogP contribution in [0.15, 0.2) is 12.1 Å². The van der Waals surface area contributed by atoms with Gasteiger partial charge in [0.05, 0.1) is 20.3 Å². The highest BCUT2D eigenvalue weighted by Gasteiger charge is 2.34. The second-order valence-electron chi connectivity index (χ2n) is 4.64. The van der Waals surface area contributed by atoms with Gasteiger partial charge in [0.15, 0.2) is 6.04 Å². The molecular weight excluding hydrogens is 296 g/mol. The Balaban J connectivity index is 2.28. The first-order valence-corrected chi connectivity index (χ1v) is 7.07. The molecule has 0 bridgehead atoms. The number of nitrogens with zero attached hydrogens (tertiary/aromatic N) is 2. The molecule has 6 nitrogen and oxygen atoms in total. The van der Waals surface area contributed by atoms with E-state index in [-0.39, 0.29) is 17.7 Å². The van der Waals surface area contributed by atoms with E-state index in [4.69, 9.17) is 21.1 Å². The largest absolute Gasteiger partial charge is 0.467 e. The molecule has 0 spiro atoms. The predicted octanol–water partition coefficient (Wildman–Crippen LogP) is 1.31. The van der Waals surface area contributed by atoms with E-state index >= 15 is 0 Å². The highest BCUT2D eigenvalue weighted by molar-refractivity contribution is 6.29. The Kier molecular flexibility index (Phi) is 5.14. The van der Waals surface area contributed by atoms with Crippen molar-refractivity contribution >= 4 is 23.5 Å². The normalized spacial score (nSPS) is 18.4. The molecule has 1 saturated heterocycles. The summed E-state index contributed by atoms with van der Waals surface area (Å²) >= 11 is 5.94. The number of esters is 1. The number of aryl methyl sites for hydroxylation is 1. The first-order valence-electron chi connectivity index (χ1n) is 6.69. The number of rotatable bonds is 3. The van der Waals surface area contributed by atoms with Crippen LogP contribution in [-0.4, -0.2) is 54.7 Å². The van der Waals surface area contributed by atoms with Crippen LogP contribution >= 0.6 is 11.6 Å². The molecule has 21 heavy (non-hydrogen) atoms. The van der Waals surface area contributed by atoms with Gasteiger partial charge >= 0.3 is 5.97 Å². The molecule has 114 valence electrons. The Bertz CT molecular complexity index is 550. The summed E-state index contributed by atoms with van der Waals surface area (Å²) in [5, 5.41) is 0.264. The third-order valence-electron chi connectivity index (χ3n) is 3.32. The zero-order valence-corrected chi connectivity index (χ0v) is 12.7. The Morgan fingerprint density at radius 2 is 2.29 bits per heavy atom. The maximum absolute atomic E-state index is 12.6. The number of hydrogen-bond acceptors (Lipinski definition) is 5. The molecule has 0 N–H and O–H groups in total. The molecule has 1 aromatic rings. The smallest absolute Gasteiger partial charge is 0.331 e. The maximum atomic E-state index is 12.6. The standard InChI is InChI=1S/C14H17ClN2O4/c1-3-10-6-9(7-12(15)16-10)13(18)17-4-5-21-8-11(17)14(19)20-2/h6-7,11H,3-5,8H2,1-2H3. The second kappa shape index (κ2) is 6.87. The lowest BCUT2D eigenvalue weighted by Gasteiger charge is -2.33. The summed E-state index contributed by atoms with van der Waals surface area (Å²) in [5.74, 6) is -0.758. The van der Waals surface area contributed by atoms with Gasteiger partial charge in [0.1, 0.15) is 5.15 Å². The van der Waals surface area contributed by atoms with Crippen LogP contribution < -0.4 is 0 Å². The Morgan fingerprint density at radius 3 is 2.95 bits per heavy atom. The van der Waals surface area contributed by atoms with E-state index in [0.29, 0.717) is 25.1 Å². The van der Waals surface area contributed by atoms with Crippen LogP contribution in [0.2, 0.25) is 5.15 Å². The fraction of sp³-hybridized carbons (Fsp3) is 0.500. The number of aromatic nitrogens is 1. The molecule has 1 atom stereocenters. The first kappa shape index (κ1) is 15.7. The van der Waals surface area contributed by atoms with Gasteiger partial charge < -0.3 is 14.4 Å². The Labute approximate surface area is 128 Å². The van der Waals surface area contributed by atoms with Crippen molar-refractivity contribution in [2.24, 2.45) is 0 Å². The number of hydrogen-bond donors (Lipinski definition) is 0. The van der Waals surface area contributed by atoms with E-state index in [1.165, 1.54) is 18.1 Å². The van der Waals surface area contributed by atoms with Crippen LogP contribution in [0.3, 0.4) is 0 Å². The topological polar surface area (TPSA) is 68.7 Å². The van der Waals surface area contributed by atoms with Crippen molar-refractivity contribution in [1.82, 2.24) is 9.88 Å². The third kappa shape index (κ3) is 3.51. The molecule has 1 fully saturated rings. The molecule has 1 aliphatic rings. The lowest BCUT2D eigenvalue weighted by atomic mass is 10.1. The zero-order chi connectivity index (χ0) is 15.4. The van der Waals surface area contributed by atoms with Crippen molar-refractivity contribution in [2.45, 2.75) is 19.4 Å². The van der Waals surface area contributed by atoms with E-state index in [2.05, 4.69) is 4.98 Å². The summed E-state index contributed by atoms with van der Waals surface area (Å²) < 4.78 is 9.98.